The lowest BCUT2D eigenvalue weighted by atomic mass is 9.95. The number of hydrogen-bond donors (Lipinski definition) is 0. The van der Waals surface area contributed by atoms with E-state index in [9.17, 15) is 0 Å². The standard InChI is InChI=1S/C13H16/c1-11-5-4-8-13(11)10-9-12-6-2-3-7-12/h2-6,8,13H,7,9-10H2,1H3. The van der Waals surface area contributed by atoms with E-state index in [4.69, 9.17) is 0 Å². The first kappa shape index (κ1) is 8.55. The molecule has 0 aromatic carbocycles. The average Bonchev–Trinajstić information content (AvgIpc) is 2.72. The Morgan fingerprint density at radius 3 is 2.85 bits per heavy atom. The summed E-state index contributed by atoms with van der Waals surface area (Å²) in [4.78, 5) is 0. The van der Waals surface area contributed by atoms with E-state index < -0.39 is 0 Å². The van der Waals surface area contributed by atoms with E-state index in [0.717, 1.165) is 0 Å². The van der Waals surface area contributed by atoms with E-state index in [1.165, 1.54) is 24.8 Å². The van der Waals surface area contributed by atoms with Gasteiger partial charge in [-0.15, -0.1) is 0 Å². The maximum atomic E-state index is 2.32. The van der Waals surface area contributed by atoms with Crippen LogP contribution in [0, 0.1) is 5.92 Å². The molecule has 0 bridgehead atoms. The Morgan fingerprint density at radius 2 is 2.23 bits per heavy atom. The van der Waals surface area contributed by atoms with Crippen LogP contribution in [0.15, 0.2) is 47.6 Å². The molecule has 0 aromatic heterocycles. The van der Waals surface area contributed by atoms with Crippen molar-refractivity contribution >= 4 is 0 Å². The first-order chi connectivity index (χ1) is 6.36. The van der Waals surface area contributed by atoms with Crippen molar-refractivity contribution in [1.29, 1.82) is 0 Å². The molecule has 13 heavy (non-hydrogen) atoms. The van der Waals surface area contributed by atoms with Crippen molar-refractivity contribution < 1.29 is 0 Å². The van der Waals surface area contributed by atoms with E-state index in [0.29, 0.717) is 5.92 Å². The highest BCUT2D eigenvalue weighted by atomic mass is 14.2. The van der Waals surface area contributed by atoms with E-state index in [1.54, 1.807) is 5.57 Å². The molecule has 2 rings (SSSR count). The minimum Gasteiger partial charge on any atom is -0.0805 e. The number of hydrogen-bond acceptors (Lipinski definition) is 0. The van der Waals surface area contributed by atoms with Crippen molar-refractivity contribution in [2.45, 2.75) is 26.2 Å². The molecular weight excluding hydrogens is 156 g/mol. The zero-order valence-electron chi connectivity index (χ0n) is 8.16. The SMILES string of the molecule is CC1=CC=CC1CCC1=CC=CC1. The summed E-state index contributed by atoms with van der Waals surface area (Å²) in [6.45, 7) is 2.23. The van der Waals surface area contributed by atoms with Gasteiger partial charge in [-0.05, 0) is 32.1 Å². The van der Waals surface area contributed by atoms with Gasteiger partial charge in [-0.3, -0.25) is 0 Å². The quantitative estimate of drug-likeness (QED) is 0.607. The van der Waals surface area contributed by atoms with Crippen LogP contribution in [0.25, 0.3) is 0 Å². The van der Waals surface area contributed by atoms with Gasteiger partial charge in [0.05, 0.1) is 0 Å². The van der Waals surface area contributed by atoms with Gasteiger partial charge in [-0.1, -0.05) is 47.6 Å². The lowest BCUT2D eigenvalue weighted by Crippen LogP contribution is -1.95. The predicted octanol–water partition coefficient (Wildman–Crippen LogP) is 3.79. The number of rotatable bonds is 3. The summed E-state index contributed by atoms with van der Waals surface area (Å²) in [6, 6.07) is 0. The maximum absolute atomic E-state index is 2.32. The zero-order chi connectivity index (χ0) is 9.10. The van der Waals surface area contributed by atoms with Crippen LogP contribution in [0.2, 0.25) is 0 Å². The smallest absolute Gasteiger partial charge is 0.00168 e. The second kappa shape index (κ2) is 3.78. The summed E-state index contributed by atoms with van der Waals surface area (Å²) < 4.78 is 0. The van der Waals surface area contributed by atoms with Crippen molar-refractivity contribution in [1.82, 2.24) is 0 Å². The summed E-state index contributed by atoms with van der Waals surface area (Å²) in [5, 5.41) is 0. The lowest BCUT2D eigenvalue weighted by Gasteiger charge is -2.10. The van der Waals surface area contributed by atoms with Crippen LogP contribution in [-0.4, -0.2) is 0 Å². The van der Waals surface area contributed by atoms with E-state index in [-0.39, 0.29) is 0 Å². The summed E-state index contributed by atoms with van der Waals surface area (Å²) >= 11 is 0. The van der Waals surface area contributed by atoms with Gasteiger partial charge in [-0.2, -0.15) is 0 Å². The fourth-order valence-electron chi connectivity index (χ4n) is 1.96. The Morgan fingerprint density at radius 1 is 1.31 bits per heavy atom. The summed E-state index contributed by atoms with van der Waals surface area (Å²) in [5.74, 6) is 0.710. The molecular formula is C13H16. The summed E-state index contributed by atoms with van der Waals surface area (Å²) in [6.07, 6.45) is 17.1. The van der Waals surface area contributed by atoms with Crippen molar-refractivity contribution in [3.05, 3.63) is 47.6 Å². The third-order valence-electron chi connectivity index (χ3n) is 2.91. The Kier molecular flexibility index (Phi) is 2.49. The van der Waals surface area contributed by atoms with Crippen LogP contribution in [0.5, 0.6) is 0 Å². The Bertz CT molecular complexity index is 300. The third-order valence-corrected chi connectivity index (χ3v) is 2.91. The van der Waals surface area contributed by atoms with Gasteiger partial charge < -0.3 is 0 Å². The highest BCUT2D eigenvalue weighted by Gasteiger charge is 2.11. The molecule has 0 fully saturated rings. The highest BCUT2D eigenvalue weighted by molar-refractivity contribution is 5.27. The van der Waals surface area contributed by atoms with Crippen molar-refractivity contribution in [2.24, 2.45) is 5.92 Å². The molecule has 0 aliphatic heterocycles. The maximum Gasteiger partial charge on any atom is -0.00168 e. The zero-order valence-corrected chi connectivity index (χ0v) is 8.16. The fraction of sp³-hybridized carbons (Fsp3) is 0.385. The lowest BCUT2D eigenvalue weighted by molar-refractivity contribution is 0.674. The molecule has 2 aliphatic rings. The fourth-order valence-corrected chi connectivity index (χ4v) is 1.96. The minimum atomic E-state index is 0.710. The molecule has 2 aliphatic carbocycles. The first-order valence-electron chi connectivity index (χ1n) is 5.06. The molecule has 0 saturated heterocycles. The molecule has 0 radical (unpaired) electrons. The Hall–Kier alpha value is -1.04. The van der Waals surface area contributed by atoms with Crippen LogP contribution >= 0.6 is 0 Å². The molecule has 0 nitrogen and oxygen atoms in total. The average molecular weight is 172 g/mol. The molecule has 68 valence electrons. The molecule has 1 atom stereocenters. The second-order valence-electron chi connectivity index (χ2n) is 3.90. The van der Waals surface area contributed by atoms with Gasteiger partial charge in [0.15, 0.2) is 0 Å². The van der Waals surface area contributed by atoms with Gasteiger partial charge in [-0.25, -0.2) is 0 Å². The molecule has 0 spiro atoms. The monoisotopic (exact) mass is 172 g/mol. The second-order valence-corrected chi connectivity index (χ2v) is 3.90. The normalized spacial score (nSPS) is 25.2. The molecule has 0 aromatic rings. The van der Waals surface area contributed by atoms with Crippen molar-refractivity contribution in [3.63, 3.8) is 0 Å². The van der Waals surface area contributed by atoms with Crippen LogP contribution in [0.3, 0.4) is 0 Å². The summed E-state index contributed by atoms with van der Waals surface area (Å²) in [5.41, 5.74) is 3.11. The molecule has 0 saturated carbocycles. The largest absolute Gasteiger partial charge is 0.0805 e. The summed E-state index contributed by atoms with van der Waals surface area (Å²) in [7, 11) is 0. The Labute approximate surface area is 80.3 Å². The van der Waals surface area contributed by atoms with E-state index in [2.05, 4.69) is 43.4 Å². The minimum absolute atomic E-state index is 0.710. The van der Waals surface area contributed by atoms with Gasteiger partial charge in [0, 0.05) is 0 Å². The van der Waals surface area contributed by atoms with E-state index in [1.807, 2.05) is 0 Å². The van der Waals surface area contributed by atoms with Gasteiger partial charge in [0.2, 0.25) is 0 Å². The first-order valence-corrected chi connectivity index (χ1v) is 5.06. The predicted molar refractivity (Wildman–Crippen MR) is 57.5 cm³/mol. The van der Waals surface area contributed by atoms with Gasteiger partial charge >= 0.3 is 0 Å². The third kappa shape index (κ3) is 2.00. The molecule has 0 heterocycles. The van der Waals surface area contributed by atoms with Crippen LogP contribution < -0.4 is 0 Å². The highest BCUT2D eigenvalue weighted by Crippen LogP contribution is 2.27. The Balaban J connectivity index is 1.80. The van der Waals surface area contributed by atoms with Gasteiger partial charge in [0.25, 0.3) is 0 Å². The van der Waals surface area contributed by atoms with Crippen LogP contribution in [0.4, 0.5) is 0 Å². The van der Waals surface area contributed by atoms with Crippen molar-refractivity contribution in [2.75, 3.05) is 0 Å². The number of allylic oxidation sites excluding steroid dienone is 8. The molecule has 0 heteroatoms. The van der Waals surface area contributed by atoms with Gasteiger partial charge in [0.1, 0.15) is 0 Å². The molecule has 0 N–H and O–H groups in total. The molecule has 0 amide bonds. The molecule has 1 unspecified atom stereocenters. The van der Waals surface area contributed by atoms with Crippen LogP contribution in [0.1, 0.15) is 26.2 Å². The van der Waals surface area contributed by atoms with Crippen molar-refractivity contribution in [3.8, 4) is 0 Å². The van der Waals surface area contributed by atoms with E-state index >= 15 is 0 Å². The topological polar surface area (TPSA) is 0 Å². The van der Waals surface area contributed by atoms with Crippen LogP contribution in [-0.2, 0) is 0 Å².